The Morgan fingerprint density at radius 2 is 2.00 bits per heavy atom. The number of piperidine rings is 1. The van der Waals surface area contributed by atoms with E-state index in [4.69, 9.17) is 4.42 Å². The topological polar surface area (TPSA) is 82.8 Å². The molecule has 1 aromatic heterocycles. The van der Waals surface area contributed by atoms with Crippen LogP contribution in [0.1, 0.15) is 51.7 Å². The number of nitrogens with zero attached hydrogens (tertiary/aromatic N) is 3. The van der Waals surface area contributed by atoms with Gasteiger partial charge in [-0.05, 0) is 19.3 Å². The van der Waals surface area contributed by atoms with Crippen LogP contribution in [-0.4, -0.2) is 48.4 Å². The standard InChI is InChI=1S/C17H29N5O2/c1-17(2,3)13-10-19-14(24-13)11-20-16(18-4)21-12-15(23)22-8-6-5-7-9-22/h10H,5-9,11-12H2,1-4H3,(H2,18,20,21). The molecular weight excluding hydrogens is 306 g/mol. The Morgan fingerprint density at radius 3 is 2.58 bits per heavy atom. The molecule has 0 radical (unpaired) electrons. The number of aromatic nitrogens is 1. The molecule has 1 fully saturated rings. The van der Waals surface area contributed by atoms with Gasteiger partial charge in [-0.25, -0.2) is 4.98 Å². The van der Waals surface area contributed by atoms with E-state index in [0.29, 0.717) is 18.4 Å². The van der Waals surface area contributed by atoms with Crippen molar-refractivity contribution in [2.45, 2.75) is 52.0 Å². The highest BCUT2D eigenvalue weighted by molar-refractivity contribution is 5.86. The van der Waals surface area contributed by atoms with Gasteiger partial charge >= 0.3 is 0 Å². The van der Waals surface area contributed by atoms with E-state index in [9.17, 15) is 4.79 Å². The van der Waals surface area contributed by atoms with Gasteiger partial charge in [0.15, 0.2) is 5.96 Å². The number of amides is 1. The van der Waals surface area contributed by atoms with Crippen LogP contribution in [0.3, 0.4) is 0 Å². The maximum absolute atomic E-state index is 12.2. The molecule has 2 heterocycles. The largest absolute Gasteiger partial charge is 0.443 e. The van der Waals surface area contributed by atoms with Crippen molar-refractivity contribution in [1.82, 2.24) is 20.5 Å². The van der Waals surface area contributed by atoms with Crippen LogP contribution in [0, 0.1) is 0 Å². The predicted molar refractivity (Wildman–Crippen MR) is 93.8 cm³/mol. The van der Waals surface area contributed by atoms with Gasteiger partial charge in [0.25, 0.3) is 0 Å². The summed E-state index contributed by atoms with van der Waals surface area (Å²) in [4.78, 5) is 22.5. The van der Waals surface area contributed by atoms with E-state index in [2.05, 4.69) is 41.4 Å². The molecule has 0 saturated carbocycles. The van der Waals surface area contributed by atoms with Crippen molar-refractivity contribution < 1.29 is 9.21 Å². The lowest BCUT2D eigenvalue weighted by Gasteiger charge is -2.27. The summed E-state index contributed by atoms with van der Waals surface area (Å²) in [5.41, 5.74) is -0.0635. The van der Waals surface area contributed by atoms with Crippen LogP contribution in [0.4, 0.5) is 0 Å². The van der Waals surface area contributed by atoms with Crippen LogP contribution in [0.25, 0.3) is 0 Å². The van der Waals surface area contributed by atoms with Crippen LogP contribution < -0.4 is 10.6 Å². The molecule has 1 aliphatic heterocycles. The Hall–Kier alpha value is -2.05. The zero-order valence-corrected chi connectivity index (χ0v) is 15.2. The SMILES string of the molecule is CN=C(NCC(=O)N1CCCCC1)NCc1ncc(C(C)(C)C)o1. The second kappa shape index (κ2) is 8.17. The van der Waals surface area contributed by atoms with Crippen molar-refractivity contribution in [3.8, 4) is 0 Å². The van der Waals surface area contributed by atoms with Gasteiger partial charge in [-0.15, -0.1) is 0 Å². The number of carbonyl (C=O) groups is 1. The van der Waals surface area contributed by atoms with Gasteiger partial charge in [-0.2, -0.15) is 0 Å². The molecule has 1 aliphatic rings. The maximum atomic E-state index is 12.2. The van der Waals surface area contributed by atoms with Gasteiger partial charge in [0.1, 0.15) is 5.76 Å². The second-order valence-corrected chi connectivity index (χ2v) is 7.09. The van der Waals surface area contributed by atoms with Crippen LogP contribution in [0.5, 0.6) is 0 Å². The average molecular weight is 335 g/mol. The highest BCUT2D eigenvalue weighted by Gasteiger charge is 2.19. The van der Waals surface area contributed by atoms with E-state index < -0.39 is 0 Å². The number of hydrogen-bond donors (Lipinski definition) is 2. The van der Waals surface area contributed by atoms with Gasteiger partial charge in [0.2, 0.25) is 11.8 Å². The molecule has 7 nitrogen and oxygen atoms in total. The Labute approximate surface area is 143 Å². The summed E-state index contributed by atoms with van der Waals surface area (Å²) < 4.78 is 5.73. The third-order valence-electron chi connectivity index (χ3n) is 4.04. The number of oxazole rings is 1. The highest BCUT2D eigenvalue weighted by atomic mass is 16.4. The average Bonchev–Trinajstić information content (AvgIpc) is 3.05. The minimum atomic E-state index is -0.0635. The summed E-state index contributed by atoms with van der Waals surface area (Å²) in [6.45, 7) is 8.63. The maximum Gasteiger partial charge on any atom is 0.241 e. The molecule has 2 N–H and O–H groups in total. The molecule has 0 unspecified atom stereocenters. The zero-order valence-electron chi connectivity index (χ0n) is 15.2. The normalized spacial score (nSPS) is 16.2. The third-order valence-corrected chi connectivity index (χ3v) is 4.04. The molecule has 1 amide bonds. The molecule has 24 heavy (non-hydrogen) atoms. The molecule has 0 spiro atoms. The minimum Gasteiger partial charge on any atom is -0.443 e. The number of nitrogens with one attached hydrogen (secondary N) is 2. The van der Waals surface area contributed by atoms with Crippen LogP contribution in [0.15, 0.2) is 15.6 Å². The van der Waals surface area contributed by atoms with Gasteiger partial charge < -0.3 is 20.0 Å². The van der Waals surface area contributed by atoms with Crippen LogP contribution >= 0.6 is 0 Å². The number of hydrogen-bond acceptors (Lipinski definition) is 4. The number of rotatable bonds is 4. The zero-order chi connectivity index (χ0) is 17.6. The van der Waals surface area contributed by atoms with Crippen molar-refractivity contribution in [3.05, 3.63) is 17.8 Å². The summed E-state index contributed by atoms with van der Waals surface area (Å²) in [5, 5.41) is 6.17. The molecular formula is C17H29N5O2. The van der Waals surface area contributed by atoms with E-state index in [-0.39, 0.29) is 17.9 Å². The molecule has 1 saturated heterocycles. The molecule has 0 aliphatic carbocycles. The lowest BCUT2D eigenvalue weighted by molar-refractivity contribution is -0.130. The molecule has 134 valence electrons. The molecule has 1 aromatic rings. The fourth-order valence-electron chi connectivity index (χ4n) is 2.53. The number of aliphatic imine (C=N–C) groups is 1. The third kappa shape index (κ3) is 5.25. The quantitative estimate of drug-likeness (QED) is 0.646. The van der Waals surface area contributed by atoms with Crippen molar-refractivity contribution in [1.29, 1.82) is 0 Å². The van der Waals surface area contributed by atoms with E-state index >= 15 is 0 Å². The van der Waals surface area contributed by atoms with E-state index in [1.807, 2.05) is 4.90 Å². The van der Waals surface area contributed by atoms with Gasteiger partial charge in [-0.3, -0.25) is 9.79 Å². The first-order valence-electron chi connectivity index (χ1n) is 8.57. The Morgan fingerprint density at radius 1 is 1.29 bits per heavy atom. The fourth-order valence-corrected chi connectivity index (χ4v) is 2.53. The van der Waals surface area contributed by atoms with E-state index in [1.165, 1.54) is 6.42 Å². The van der Waals surface area contributed by atoms with Gasteiger partial charge in [0, 0.05) is 25.6 Å². The first kappa shape index (κ1) is 18.3. The van der Waals surface area contributed by atoms with Gasteiger partial charge in [-0.1, -0.05) is 20.8 Å². The smallest absolute Gasteiger partial charge is 0.241 e. The summed E-state index contributed by atoms with van der Waals surface area (Å²) in [6.07, 6.45) is 5.16. The minimum absolute atomic E-state index is 0.0635. The van der Waals surface area contributed by atoms with E-state index in [0.717, 1.165) is 31.7 Å². The van der Waals surface area contributed by atoms with Crippen molar-refractivity contribution >= 4 is 11.9 Å². The molecule has 0 bridgehead atoms. The monoisotopic (exact) mass is 335 g/mol. The summed E-state index contributed by atoms with van der Waals surface area (Å²) in [6, 6.07) is 0. The molecule has 2 rings (SSSR count). The summed E-state index contributed by atoms with van der Waals surface area (Å²) in [5.74, 6) is 2.13. The molecule has 0 aromatic carbocycles. The molecule has 0 atom stereocenters. The summed E-state index contributed by atoms with van der Waals surface area (Å²) in [7, 11) is 1.68. The Kier molecular flexibility index (Phi) is 6.23. The Bertz CT molecular complexity index is 568. The van der Waals surface area contributed by atoms with Crippen LogP contribution in [-0.2, 0) is 16.8 Å². The first-order valence-corrected chi connectivity index (χ1v) is 8.57. The second-order valence-electron chi connectivity index (χ2n) is 7.09. The number of likely N-dealkylation sites (tertiary alicyclic amines) is 1. The van der Waals surface area contributed by atoms with E-state index in [1.54, 1.807) is 13.2 Å². The first-order chi connectivity index (χ1) is 11.4. The van der Waals surface area contributed by atoms with Crippen molar-refractivity contribution in [2.24, 2.45) is 4.99 Å². The highest BCUT2D eigenvalue weighted by Crippen LogP contribution is 2.22. The number of carbonyl (C=O) groups excluding carboxylic acids is 1. The van der Waals surface area contributed by atoms with Crippen LogP contribution in [0.2, 0.25) is 0 Å². The summed E-state index contributed by atoms with van der Waals surface area (Å²) >= 11 is 0. The van der Waals surface area contributed by atoms with Crippen molar-refractivity contribution in [3.63, 3.8) is 0 Å². The Balaban J connectivity index is 1.78. The fraction of sp³-hybridized carbons (Fsp3) is 0.706. The lowest BCUT2D eigenvalue weighted by atomic mass is 9.94. The van der Waals surface area contributed by atoms with Gasteiger partial charge in [0.05, 0.1) is 19.3 Å². The lowest BCUT2D eigenvalue weighted by Crippen LogP contribution is -2.45. The van der Waals surface area contributed by atoms with Crippen molar-refractivity contribution in [2.75, 3.05) is 26.7 Å². The number of guanidine groups is 1. The molecule has 7 heteroatoms. The predicted octanol–water partition coefficient (Wildman–Crippen LogP) is 1.65.